The van der Waals surface area contributed by atoms with Crippen LogP contribution in [0.2, 0.25) is 0 Å². The SMILES string of the molecule is COc1cc(C)c(C)cc1S(=O)(=O)CC(C)C#N. The normalized spacial score (nSPS) is 12.8. The molecule has 0 saturated carbocycles. The van der Waals surface area contributed by atoms with Gasteiger partial charge in [-0.2, -0.15) is 5.26 Å². The maximum absolute atomic E-state index is 12.2. The second kappa shape index (κ2) is 5.40. The molecule has 1 unspecified atom stereocenters. The highest BCUT2D eigenvalue weighted by Gasteiger charge is 2.23. The Labute approximate surface area is 108 Å². The molecule has 0 bridgehead atoms. The van der Waals surface area contributed by atoms with Crippen molar-refractivity contribution in [2.45, 2.75) is 25.7 Å². The van der Waals surface area contributed by atoms with Gasteiger partial charge in [-0.1, -0.05) is 0 Å². The van der Waals surface area contributed by atoms with Gasteiger partial charge in [-0.05, 0) is 44.0 Å². The second-order valence-electron chi connectivity index (χ2n) is 4.40. The van der Waals surface area contributed by atoms with Crippen molar-refractivity contribution in [3.05, 3.63) is 23.3 Å². The van der Waals surface area contributed by atoms with Gasteiger partial charge in [0.1, 0.15) is 10.6 Å². The minimum absolute atomic E-state index is 0.162. The lowest BCUT2D eigenvalue weighted by molar-refractivity contribution is 0.402. The van der Waals surface area contributed by atoms with Crippen molar-refractivity contribution < 1.29 is 13.2 Å². The molecule has 0 amide bonds. The topological polar surface area (TPSA) is 67.2 Å². The lowest BCUT2D eigenvalue weighted by Gasteiger charge is -2.13. The summed E-state index contributed by atoms with van der Waals surface area (Å²) in [6.07, 6.45) is 0. The molecule has 1 atom stereocenters. The van der Waals surface area contributed by atoms with Gasteiger partial charge in [-0.25, -0.2) is 8.42 Å². The number of aryl methyl sites for hydroxylation is 2. The van der Waals surface area contributed by atoms with E-state index in [-0.39, 0.29) is 10.6 Å². The van der Waals surface area contributed by atoms with Crippen LogP contribution in [0.1, 0.15) is 18.1 Å². The molecule has 0 heterocycles. The number of methoxy groups -OCH3 is 1. The number of sulfone groups is 1. The highest BCUT2D eigenvalue weighted by molar-refractivity contribution is 7.91. The van der Waals surface area contributed by atoms with E-state index in [1.807, 2.05) is 19.9 Å². The highest BCUT2D eigenvalue weighted by Crippen LogP contribution is 2.28. The third-order valence-electron chi connectivity index (χ3n) is 2.80. The molecule has 0 aliphatic heterocycles. The molecule has 0 aliphatic rings. The molecule has 5 heteroatoms. The summed E-state index contributed by atoms with van der Waals surface area (Å²) in [7, 11) is -2.06. The fourth-order valence-electron chi connectivity index (χ4n) is 1.62. The van der Waals surface area contributed by atoms with Gasteiger partial charge in [0.2, 0.25) is 0 Å². The molecular formula is C13H17NO3S. The largest absolute Gasteiger partial charge is 0.495 e. The minimum atomic E-state index is -3.50. The predicted molar refractivity (Wildman–Crippen MR) is 69.3 cm³/mol. The highest BCUT2D eigenvalue weighted by atomic mass is 32.2. The van der Waals surface area contributed by atoms with Crippen molar-refractivity contribution in [3.8, 4) is 11.8 Å². The molecule has 0 saturated heterocycles. The van der Waals surface area contributed by atoms with Crippen molar-refractivity contribution in [3.63, 3.8) is 0 Å². The number of ether oxygens (including phenoxy) is 1. The Morgan fingerprint density at radius 3 is 2.39 bits per heavy atom. The predicted octanol–water partition coefficient (Wildman–Crippen LogP) is 2.25. The van der Waals surface area contributed by atoms with E-state index in [0.29, 0.717) is 5.75 Å². The van der Waals surface area contributed by atoms with Gasteiger partial charge >= 0.3 is 0 Å². The van der Waals surface area contributed by atoms with Crippen LogP contribution in [0, 0.1) is 31.1 Å². The van der Waals surface area contributed by atoms with Crippen molar-refractivity contribution in [1.82, 2.24) is 0 Å². The Hall–Kier alpha value is -1.54. The summed E-state index contributed by atoms with van der Waals surface area (Å²) in [4.78, 5) is 0.162. The second-order valence-corrected chi connectivity index (χ2v) is 6.40. The van der Waals surface area contributed by atoms with Gasteiger partial charge in [0, 0.05) is 0 Å². The van der Waals surface area contributed by atoms with Gasteiger partial charge in [0.05, 0.1) is 24.8 Å². The molecule has 4 nitrogen and oxygen atoms in total. The summed E-state index contributed by atoms with van der Waals surface area (Å²) < 4.78 is 29.5. The van der Waals surface area contributed by atoms with Crippen LogP contribution in [-0.4, -0.2) is 21.3 Å². The van der Waals surface area contributed by atoms with Crippen LogP contribution in [0.5, 0.6) is 5.75 Å². The van der Waals surface area contributed by atoms with Crippen LogP contribution in [0.3, 0.4) is 0 Å². The Kier molecular flexibility index (Phi) is 4.36. The first-order chi connectivity index (χ1) is 8.31. The lowest BCUT2D eigenvalue weighted by Crippen LogP contribution is -2.14. The molecule has 1 rings (SSSR count). The van der Waals surface area contributed by atoms with Crippen LogP contribution in [0.4, 0.5) is 0 Å². The molecule has 0 N–H and O–H groups in total. The van der Waals surface area contributed by atoms with Crippen molar-refractivity contribution >= 4 is 9.84 Å². The third kappa shape index (κ3) is 3.02. The maximum atomic E-state index is 12.2. The summed E-state index contributed by atoms with van der Waals surface area (Å²) in [6, 6.07) is 5.25. The van der Waals surface area contributed by atoms with Crippen molar-refractivity contribution in [2.75, 3.05) is 12.9 Å². The van der Waals surface area contributed by atoms with Crippen LogP contribution < -0.4 is 4.74 Å². The van der Waals surface area contributed by atoms with Crippen LogP contribution >= 0.6 is 0 Å². The number of nitrogens with zero attached hydrogens (tertiary/aromatic N) is 1. The van der Waals surface area contributed by atoms with Crippen LogP contribution in [0.15, 0.2) is 17.0 Å². The van der Waals surface area contributed by atoms with E-state index >= 15 is 0 Å². The Morgan fingerprint density at radius 2 is 1.89 bits per heavy atom. The van der Waals surface area contributed by atoms with E-state index in [1.54, 1.807) is 19.1 Å². The number of hydrogen-bond donors (Lipinski definition) is 0. The smallest absolute Gasteiger partial charge is 0.183 e. The van der Waals surface area contributed by atoms with E-state index in [4.69, 9.17) is 10.00 Å². The quantitative estimate of drug-likeness (QED) is 0.839. The monoisotopic (exact) mass is 267 g/mol. The Morgan fingerprint density at radius 1 is 1.33 bits per heavy atom. The summed E-state index contributed by atoms with van der Waals surface area (Å²) in [5, 5.41) is 8.72. The van der Waals surface area contributed by atoms with Gasteiger partial charge in [0.25, 0.3) is 0 Å². The molecule has 0 aromatic heterocycles. The minimum Gasteiger partial charge on any atom is -0.495 e. The zero-order valence-electron chi connectivity index (χ0n) is 11.0. The average molecular weight is 267 g/mol. The fraction of sp³-hybridized carbons (Fsp3) is 0.462. The Bertz CT molecular complexity index is 585. The molecule has 0 radical (unpaired) electrons. The zero-order chi connectivity index (χ0) is 13.9. The molecule has 1 aromatic carbocycles. The Balaban J connectivity index is 3.32. The number of nitriles is 1. The van der Waals surface area contributed by atoms with Gasteiger partial charge in [-0.15, -0.1) is 0 Å². The van der Waals surface area contributed by atoms with E-state index < -0.39 is 15.8 Å². The molecule has 18 heavy (non-hydrogen) atoms. The molecule has 0 spiro atoms. The summed E-state index contributed by atoms with van der Waals surface area (Å²) in [6.45, 7) is 5.33. The average Bonchev–Trinajstić information content (AvgIpc) is 2.31. The summed E-state index contributed by atoms with van der Waals surface area (Å²) in [5.74, 6) is -0.396. The molecule has 1 aromatic rings. The van der Waals surface area contributed by atoms with Crippen molar-refractivity contribution in [2.24, 2.45) is 5.92 Å². The van der Waals surface area contributed by atoms with E-state index in [9.17, 15) is 8.42 Å². The van der Waals surface area contributed by atoms with Crippen LogP contribution in [0.25, 0.3) is 0 Å². The molecule has 0 fully saturated rings. The summed E-state index contributed by atoms with van der Waals surface area (Å²) in [5.41, 5.74) is 1.86. The van der Waals surface area contributed by atoms with Gasteiger partial charge in [-0.3, -0.25) is 0 Å². The third-order valence-corrected chi connectivity index (χ3v) is 4.73. The standard InChI is InChI=1S/C13H17NO3S/c1-9(7-14)8-18(15,16)13-6-11(3)10(2)5-12(13)17-4/h5-6,9H,8H2,1-4H3. The first kappa shape index (κ1) is 14.5. The van der Waals surface area contributed by atoms with E-state index in [1.165, 1.54) is 7.11 Å². The van der Waals surface area contributed by atoms with Crippen LogP contribution in [-0.2, 0) is 9.84 Å². The molecule has 0 aliphatic carbocycles. The van der Waals surface area contributed by atoms with Gasteiger partial charge in [0.15, 0.2) is 9.84 Å². The maximum Gasteiger partial charge on any atom is 0.183 e. The lowest BCUT2D eigenvalue weighted by atomic mass is 10.1. The van der Waals surface area contributed by atoms with E-state index in [0.717, 1.165) is 11.1 Å². The fourth-order valence-corrected chi connectivity index (χ4v) is 3.34. The molecular weight excluding hydrogens is 250 g/mol. The molecule has 98 valence electrons. The number of hydrogen-bond acceptors (Lipinski definition) is 4. The summed E-state index contributed by atoms with van der Waals surface area (Å²) >= 11 is 0. The zero-order valence-corrected chi connectivity index (χ0v) is 11.8. The van der Waals surface area contributed by atoms with Gasteiger partial charge < -0.3 is 4.74 Å². The first-order valence-corrected chi connectivity index (χ1v) is 7.24. The first-order valence-electron chi connectivity index (χ1n) is 5.59. The number of benzene rings is 1. The number of rotatable bonds is 4. The van der Waals surface area contributed by atoms with Crippen molar-refractivity contribution in [1.29, 1.82) is 5.26 Å². The van der Waals surface area contributed by atoms with E-state index in [2.05, 4.69) is 0 Å².